The first-order chi connectivity index (χ1) is 14.7. The highest BCUT2D eigenvalue weighted by molar-refractivity contribution is 6.04. The van der Waals surface area contributed by atoms with Crippen molar-refractivity contribution >= 4 is 23.3 Å². The van der Waals surface area contributed by atoms with Crippen LogP contribution < -0.4 is 0 Å². The minimum absolute atomic E-state index is 0.0187. The Morgan fingerprint density at radius 2 is 1.90 bits per heavy atom. The standard InChI is InChI=1S/C25H30O6/c1-13(26)16-3-4-17-15-10-20-19-9-14(27)11-25(21(28)5-6-22(29)31-25)24(19,12-30-20)18(15)7-8-23(16,17)2/h9,15-18,20H,3-8,10-12H2,1-2H3/t15-,16+,17-,18-,20?,23+,24+,25?/m0/s1. The van der Waals surface area contributed by atoms with Crippen molar-refractivity contribution in [1.29, 1.82) is 0 Å². The van der Waals surface area contributed by atoms with E-state index in [0.717, 1.165) is 37.7 Å². The fourth-order valence-electron chi connectivity index (χ4n) is 9.04. The van der Waals surface area contributed by atoms with Gasteiger partial charge in [0.15, 0.2) is 17.2 Å². The molecule has 2 saturated heterocycles. The predicted molar refractivity (Wildman–Crippen MR) is 109 cm³/mol. The van der Waals surface area contributed by atoms with Crippen LogP contribution in [0.3, 0.4) is 0 Å². The summed E-state index contributed by atoms with van der Waals surface area (Å²) in [6.07, 6.45) is 6.24. The van der Waals surface area contributed by atoms with Gasteiger partial charge in [0.25, 0.3) is 0 Å². The fourth-order valence-corrected chi connectivity index (χ4v) is 9.04. The smallest absolute Gasteiger partial charge is 0.307 e. The van der Waals surface area contributed by atoms with Crippen molar-refractivity contribution in [2.24, 2.45) is 34.5 Å². The van der Waals surface area contributed by atoms with Gasteiger partial charge in [0, 0.05) is 12.3 Å². The van der Waals surface area contributed by atoms with Crippen molar-refractivity contribution in [3.05, 3.63) is 11.6 Å². The molecule has 3 saturated carbocycles. The van der Waals surface area contributed by atoms with Gasteiger partial charge in [-0.15, -0.1) is 0 Å². The average Bonchev–Trinajstić information content (AvgIpc) is 3.19. The Morgan fingerprint density at radius 1 is 1.10 bits per heavy atom. The molecule has 6 aliphatic rings. The Balaban J connectivity index is 1.49. The molecule has 6 rings (SSSR count). The van der Waals surface area contributed by atoms with E-state index in [-0.39, 0.29) is 65.9 Å². The maximum atomic E-state index is 13.4. The lowest BCUT2D eigenvalue weighted by Gasteiger charge is -2.61. The molecule has 6 heteroatoms. The Morgan fingerprint density at radius 3 is 2.68 bits per heavy atom. The minimum Gasteiger partial charge on any atom is -0.449 e. The van der Waals surface area contributed by atoms with Gasteiger partial charge >= 0.3 is 5.97 Å². The van der Waals surface area contributed by atoms with E-state index in [1.165, 1.54) is 0 Å². The van der Waals surface area contributed by atoms with Crippen LogP contribution in [0.15, 0.2) is 11.6 Å². The number of carbonyl (C=O) groups excluding carboxylic acids is 4. The molecule has 0 amide bonds. The number of carbonyl (C=O) groups is 4. The summed E-state index contributed by atoms with van der Waals surface area (Å²) in [5.74, 6) is 0.586. The van der Waals surface area contributed by atoms with Crippen LogP contribution in [0.2, 0.25) is 0 Å². The third-order valence-electron chi connectivity index (χ3n) is 10.2. The van der Waals surface area contributed by atoms with Gasteiger partial charge in [-0.05, 0) is 73.8 Å². The van der Waals surface area contributed by atoms with Gasteiger partial charge in [-0.1, -0.05) is 6.92 Å². The number of ether oxygens (including phenoxy) is 2. The monoisotopic (exact) mass is 426 g/mol. The number of hydrogen-bond acceptors (Lipinski definition) is 6. The van der Waals surface area contributed by atoms with E-state index in [1.54, 1.807) is 13.0 Å². The molecule has 0 aromatic carbocycles. The molecule has 2 unspecified atom stereocenters. The van der Waals surface area contributed by atoms with Crippen LogP contribution in [0.4, 0.5) is 0 Å². The number of ketones is 3. The third kappa shape index (κ3) is 2.22. The van der Waals surface area contributed by atoms with E-state index < -0.39 is 11.0 Å². The zero-order chi connectivity index (χ0) is 21.8. The fraction of sp³-hybridized carbons (Fsp3) is 0.760. The second kappa shape index (κ2) is 6.15. The van der Waals surface area contributed by atoms with Crippen molar-refractivity contribution in [1.82, 2.24) is 0 Å². The van der Waals surface area contributed by atoms with Gasteiger partial charge in [0.1, 0.15) is 5.78 Å². The molecule has 2 heterocycles. The zero-order valence-corrected chi connectivity index (χ0v) is 18.3. The van der Waals surface area contributed by atoms with Gasteiger partial charge in [-0.25, -0.2) is 0 Å². The summed E-state index contributed by atoms with van der Waals surface area (Å²) >= 11 is 0. The minimum atomic E-state index is -1.41. The van der Waals surface area contributed by atoms with E-state index in [9.17, 15) is 19.2 Å². The molecule has 1 spiro atoms. The summed E-state index contributed by atoms with van der Waals surface area (Å²) < 4.78 is 12.2. The maximum Gasteiger partial charge on any atom is 0.307 e. The Kier molecular flexibility index (Phi) is 3.94. The van der Waals surface area contributed by atoms with Crippen molar-refractivity contribution in [2.45, 2.75) is 76.9 Å². The van der Waals surface area contributed by atoms with Gasteiger partial charge in [-0.2, -0.15) is 0 Å². The molecule has 31 heavy (non-hydrogen) atoms. The number of Topliss-reactive ketones (excluding diaryl/α,β-unsaturated/α-hetero) is 2. The SMILES string of the molecule is CC(=O)[C@H]1CC[C@H]2[C@@H]3CC4OC[C@]5(C4=CC(=O)CC54OC(=O)CCC4=O)[C@H]3CC[C@]12C. The van der Waals surface area contributed by atoms with Crippen molar-refractivity contribution < 1.29 is 28.7 Å². The van der Waals surface area contributed by atoms with Crippen molar-refractivity contribution in [3.8, 4) is 0 Å². The van der Waals surface area contributed by atoms with Crippen LogP contribution in [0.1, 0.15) is 65.2 Å². The molecule has 4 aliphatic carbocycles. The molecule has 166 valence electrons. The number of rotatable bonds is 1. The summed E-state index contributed by atoms with van der Waals surface area (Å²) in [5, 5.41) is 0. The molecular formula is C25H30O6. The number of hydrogen-bond donors (Lipinski definition) is 0. The molecule has 0 radical (unpaired) electrons. The van der Waals surface area contributed by atoms with Crippen molar-refractivity contribution in [2.75, 3.05) is 6.61 Å². The molecule has 0 N–H and O–H groups in total. The van der Waals surface area contributed by atoms with E-state index >= 15 is 0 Å². The molecule has 8 atom stereocenters. The highest BCUT2D eigenvalue weighted by Crippen LogP contribution is 2.71. The largest absolute Gasteiger partial charge is 0.449 e. The van der Waals surface area contributed by atoms with Crippen LogP contribution in [0.25, 0.3) is 0 Å². The first-order valence-corrected chi connectivity index (χ1v) is 11.8. The Labute approximate surface area is 182 Å². The van der Waals surface area contributed by atoms with E-state index in [0.29, 0.717) is 18.4 Å². The first-order valence-electron chi connectivity index (χ1n) is 11.8. The molecule has 5 fully saturated rings. The van der Waals surface area contributed by atoms with E-state index in [4.69, 9.17) is 9.47 Å². The lowest BCUT2D eigenvalue weighted by molar-refractivity contribution is -0.204. The van der Waals surface area contributed by atoms with Crippen LogP contribution >= 0.6 is 0 Å². The maximum absolute atomic E-state index is 13.4. The summed E-state index contributed by atoms with van der Waals surface area (Å²) in [6.45, 7) is 4.35. The second-order valence-corrected chi connectivity index (χ2v) is 11.1. The topological polar surface area (TPSA) is 86.7 Å². The van der Waals surface area contributed by atoms with Crippen LogP contribution in [0, 0.1) is 34.5 Å². The Hall–Kier alpha value is -1.82. The second-order valence-electron chi connectivity index (χ2n) is 11.1. The molecular weight excluding hydrogens is 396 g/mol. The van der Waals surface area contributed by atoms with Gasteiger partial charge in [0.2, 0.25) is 0 Å². The highest BCUT2D eigenvalue weighted by atomic mass is 16.6. The lowest BCUT2D eigenvalue weighted by atomic mass is 9.42. The normalized spacial score (nSPS) is 50.5. The third-order valence-corrected chi connectivity index (χ3v) is 10.2. The molecule has 0 aromatic heterocycles. The molecule has 2 bridgehead atoms. The highest BCUT2D eigenvalue weighted by Gasteiger charge is 2.75. The predicted octanol–water partition coefficient (Wildman–Crippen LogP) is 2.97. The molecule has 2 aliphatic heterocycles. The average molecular weight is 427 g/mol. The quantitative estimate of drug-likeness (QED) is 0.599. The van der Waals surface area contributed by atoms with Crippen LogP contribution in [0.5, 0.6) is 0 Å². The van der Waals surface area contributed by atoms with Gasteiger partial charge < -0.3 is 9.47 Å². The molecule has 0 aromatic rings. The van der Waals surface area contributed by atoms with Gasteiger partial charge in [0.05, 0.1) is 31.0 Å². The van der Waals surface area contributed by atoms with E-state index in [2.05, 4.69) is 6.92 Å². The zero-order valence-electron chi connectivity index (χ0n) is 18.3. The number of esters is 1. The summed E-state index contributed by atoms with van der Waals surface area (Å²) in [4.78, 5) is 51.1. The van der Waals surface area contributed by atoms with E-state index in [1.807, 2.05) is 0 Å². The lowest BCUT2D eigenvalue weighted by Crippen LogP contribution is -2.68. The van der Waals surface area contributed by atoms with Gasteiger partial charge in [-0.3, -0.25) is 19.2 Å². The Bertz CT molecular complexity index is 950. The molecule has 6 nitrogen and oxygen atoms in total. The van der Waals surface area contributed by atoms with Crippen LogP contribution in [-0.2, 0) is 28.7 Å². The summed E-state index contributed by atoms with van der Waals surface area (Å²) in [6, 6.07) is 0. The summed E-state index contributed by atoms with van der Waals surface area (Å²) in [7, 11) is 0. The number of fused-ring (bicyclic) bond motifs is 3. The van der Waals surface area contributed by atoms with Crippen molar-refractivity contribution in [3.63, 3.8) is 0 Å². The first kappa shape index (κ1) is 19.8. The summed E-state index contributed by atoms with van der Waals surface area (Å²) in [5.41, 5.74) is -1.25. The van der Waals surface area contributed by atoms with Crippen LogP contribution in [-0.4, -0.2) is 41.6 Å².